The highest BCUT2D eigenvalue weighted by molar-refractivity contribution is 9.10. The molecule has 2 aromatic rings. The summed E-state index contributed by atoms with van der Waals surface area (Å²) in [4.78, 5) is 14.9. The van der Waals surface area contributed by atoms with Crippen LogP contribution in [0.4, 0.5) is 5.69 Å². The molecule has 1 aliphatic rings. The molecule has 1 saturated heterocycles. The highest BCUT2D eigenvalue weighted by Crippen LogP contribution is 2.22. The number of carbonyl (C=O) groups is 1. The van der Waals surface area contributed by atoms with Crippen molar-refractivity contribution in [2.45, 2.75) is 26.3 Å². The number of hydrogen-bond acceptors (Lipinski definition) is 2. The molecule has 24 heavy (non-hydrogen) atoms. The lowest BCUT2D eigenvalue weighted by Crippen LogP contribution is -2.33. The van der Waals surface area contributed by atoms with Gasteiger partial charge in [-0.3, -0.25) is 9.69 Å². The standard InChI is InChI=1S/C20H23BrN2O/c1-15-5-4-12-23(13-15)14-16-8-10-17(11-9-16)20(24)22-19-7-3-2-6-18(19)21/h2-3,6-11,15H,4-5,12-14H2,1H3,(H,22,24)/t15-/m1/s1. The van der Waals surface area contributed by atoms with Gasteiger partial charge in [0, 0.05) is 23.1 Å². The van der Waals surface area contributed by atoms with E-state index in [1.54, 1.807) is 0 Å². The van der Waals surface area contributed by atoms with E-state index < -0.39 is 0 Å². The van der Waals surface area contributed by atoms with Crippen molar-refractivity contribution in [1.82, 2.24) is 4.90 Å². The summed E-state index contributed by atoms with van der Waals surface area (Å²) < 4.78 is 0.884. The summed E-state index contributed by atoms with van der Waals surface area (Å²) in [5, 5.41) is 2.94. The van der Waals surface area contributed by atoms with Crippen molar-refractivity contribution in [2.24, 2.45) is 5.92 Å². The molecule has 126 valence electrons. The van der Waals surface area contributed by atoms with Crippen molar-refractivity contribution in [3.63, 3.8) is 0 Å². The van der Waals surface area contributed by atoms with E-state index in [4.69, 9.17) is 0 Å². The van der Waals surface area contributed by atoms with Crippen LogP contribution in [0.25, 0.3) is 0 Å². The number of para-hydroxylation sites is 1. The van der Waals surface area contributed by atoms with Crippen LogP contribution >= 0.6 is 15.9 Å². The molecule has 4 heteroatoms. The second-order valence-electron chi connectivity index (χ2n) is 6.61. The van der Waals surface area contributed by atoms with Crippen LogP contribution in [0.2, 0.25) is 0 Å². The molecule has 1 amide bonds. The molecule has 0 radical (unpaired) electrons. The minimum Gasteiger partial charge on any atom is -0.321 e. The van der Waals surface area contributed by atoms with E-state index in [-0.39, 0.29) is 5.91 Å². The summed E-state index contributed by atoms with van der Waals surface area (Å²) >= 11 is 3.45. The Balaban J connectivity index is 1.61. The first-order valence-corrected chi connectivity index (χ1v) is 9.28. The van der Waals surface area contributed by atoms with Crippen LogP contribution in [0, 0.1) is 5.92 Å². The average Bonchev–Trinajstić information content (AvgIpc) is 2.57. The largest absolute Gasteiger partial charge is 0.321 e. The fourth-order valence-corrected chi connectivity index (χ4v) is 3.59. The Bertz CT molecular complexity index is 699. The van der Waals surface area contributed by atoms with Gasteiger partial charge in [-0.1, -0.05) is 31.2 Å². The molecule has 1 atom stereocenters. The maximum Gasteiger partial charge on any atom is 0.255 e. The van der Waals surface area contributed by atoms with E-state index in [0.29, 0.717) is 5.56 Å². The average molecular weight is 387 g/mol. The summed E-state index contributed by atoms with van der Waals surface area (Å²) in [5.41, 5.74) is 2.73. The highest BCUT2D eigenvalue weighted by Gasteiger charge is 2.16. The Kier molecular flexibility index (Phi) is 5.69. The molecule has 3 nitrogen and oxygen atoms in total. The molecule has 0 unspecified atom stereocenters. The second-order valence-corrected chi connectivity index (χ2v) is 7.47. The lowest BCUT2D eigenvalue weighted by molar-refractivity contribution is 0.102. The van der Waals surface area contributed by atoms with Crippen LogP contribution in [0.1, 0.15) is 35.7 Å². The third kappa shape index (κ3) is 4.46. The molecular formula is C20H23BrN2O. The predicted octanol–water partition coefficient (Wildman–Crippen LogP) is 4.93. The maximum absolute atomic E-state index is 12.4. The molecule has 1 aliphatic heterocycles. The number of nitrogens with one attached hydrogen (secondary N) is 1. The number of rotatable bonds is 4. The van der Waals surface area contributed by atoms with Gasteiger partial charge in [0.25, 0.3) is 5.91 Å². The van der Waals surface area contributed by atoms with Gasteiger partial charge in [-0.15, -0.1) is 0 Å². The summed E-state index contributed by atoms with van der Waals surface area (Å²) in [7, 11) is 0. The van der Waals surface area contributed by atoms with E-state index >= 15 is 0 Å². The number of carbonyl (C=O) groups excluding carboxylic acids is 1. The smallest absolute Gasteiger partial charge is 0.255 e. The van der Waals surface area contributed by atoms with Gasteiger partial charge in [0.2, 0.25) is 0 Å². The number of likely N-dealkylation sites (tertiary alicyclic amines) is 1. The normalized spacial score (nSPS) is 18.3. The van der Waals surface area contributed by atoms with Gasteiger partial charge in [0.05, 0.1) is 5.69 Å². The number of nitrogens with zero attached hydrogens (tertiary/aromatic N) is 1. The minimum absolute atomic E-state index is 0.0833. The Morgan fingerprint density at radius 3 is 2.67 bits per heavy atom. The third-order valence-corrected chi connectivity index (χ3v) is 5.18. The van der Waals surface area contributed by atoms with Crippen LogP contribution < -0.4 is 5.32 Å². The molecular weight excluding hydrogens is 364 g/mol. The third-order valence-electron chi connectivity index (χ3n) is 4.49. The number of hydrogen-bond donors (Lipinski definition) is 1. The van der Waals surface area contributed by atoms with Crippen LogP contribution in [-0.2, 0) is 6.54 Å². The van der Waals surface area contributed by atoms with Crippen molar-refractivity contribution >= 4 is 27.5 Å². The van der Waals surface area contributed by atoms with Gasteiger partial charge in [-0.2, -0.15) is 0 Å². The van der Waals surface area contributed by atoms with E-state index in [0.717, 1.165) is 22.6 Å². The SMILES string of the molecule is C[C@@H]1CCCN(Cc2ccc(C(=O)Nc3ccccc3Br)cc2)C1. The van der Waals surface area contributed by atoms with Crippen molar-refractivity contribution in [3.05, 3.63) is 64.1 Å². The Hall–Kier alpha value is -1.65. The molecule has 0 aromatic heterocycles. The maximum atomic E-state index is 12.4. The summed E-state index contributed by atoms with van der Waals surface area (Å²) in [6, 6.07) is 15.6. The molecule has 0 aliphatic carbocycles. The monoisotopic (exact) mass is 386 g/mol. The molecule has 0 spiro atoms. The van der Waals surface area contributed by atoms with Gasteiger partial charge < -0.3 is 5.32 Å². The van der Waals surface area contributed by atoms with Crippen LogP contribution in [0.3, 0.4) is 0 Å². The zero-order valence-corrected chi connectivity index (χ0v) is 15.6. The Labute approximate surface area is 152 Å². The first-order chi connectivity index (χ1) is 11.6. The minimum atomic E-state index is -0.0833. The fourth-order valence-electron chi connectivity index (χ4n) is 3.21. The lowest BCUT2D eigenvalue weighted by atomic mass is 9.99. The van der Waals surface area contributed by atoms with Crippen LogP contribution in [0.15, 0.2) is 53.0 Å². The number of halogens is 1. The van der Waals surface area contributed by atoms with Crippen molar-refractivity contribution in [3.8, 4) is 0 Å². The van der Waals surface area contributed by atoms with E-state index in [2.05, 4.69) is 45.2 Å². The number of anilines is 1. The zero-order chi connectivity index (χ0) is 16.9. The van der Waals surface area contributed by atoms with Gasteiger partial charge in [0.1, 0.15) is 0 Å². The van der Waals surface area contributed by atoms with Gasteiger partial charge in [-0.25, -0.2) is 0 Å². The zero-order valence-electron chi connectivity index (χ0n) is 14.0. The van der Waals surface area contributed by atoms with Crippen molar-refractivity contribution in [1.29, 1.82) is 0 Å². The molecule has 1 fully saturated rings. The van der Waals surface area contributed by atoms with E-state index in [1.165, 1.54) is 31.5 Å². The Morgan fingerprint density at radius 1 is 1.21 bits per heavy atom. The quantitative estimate of drug-likeness (QED) is 0.807. The number of benzene rings is 2. The van der Waals surface area contributed by atoms with Gasteiger partial charge in [0.15, 0.2) is 0 Å². The number of piperidine rings is 1. The van der Waals surface area contributed by atoms with E-state index in [9.17, 15) is 4.79 Å². The lowest BCUT2D eigenvalue weighted by Gasteiger charge is -2.30. The second kappa shape index (κ2) is 7.95. The summed E-state index contributed by atoms with van der Waals surface area (Å²) in [5.74, 6) is 0.702. The van der Waals surface area contributed by atoms with Crippen LogP contribution in [0.5, 0.6) is 0 Å². The molecule has 0 saturated carbocycles. The topological polar surface area (TPSA) is 32.3 Å². The first-order valence-electron chi connectivity index (χ1n) is 8.49. The predicted molar refractivity (Wildman–Crippen MR) is 102 cm³/mol. The molecule has 0 bridgehead atoms. The Morgan fingerprint density at radius 2 is 1.96 bits per heavy atom. The number of amides is 1. The van der Waals surface area contributed by atoms with Gasteiger partial charge >= 0.3 is 0 Å². The fraction of sp³-hybridized carbons (Fsp3) is 0.350. The molecule has 1 N–H and O–H groups in total. The highest BCUT2D eigenvalue weighted by atomic mass is 79.9. The molecule has 3 rings (SSSR count). The summed E-state index contributed by atoms with van der Waals surface area (Å²) in [6.07, 6.45) is 2.62. The van der Waals surface area contributed by atoms with Crippen LogP contribution in [-0.4, -0.2) is 23.9 Å². The van der Waals surface area contributed by atoms with Crippen molar-refractivity contribution < 1.29 is 4.79 Å². The van der Waals surface area contributed by atoms with E-state index in [1.807, 2.05) is 36.4 Å². The molecule has 1 heterocycles. The summed E-state index contributed by atoms with van der Waals surface area (Å²) in [6.45, 7) is 5.64. The first kappa shape index (κ1) is 17.2. The van der Waals surface area contributed by atoms with Crippen molar-refractivity contribution in [2.75, 3.05) is 18.4 Å². The molecule has 2 aromatic carbocycles. The van der Waals surface area contributed by atoms with Gasteiger partial charge in [-0.05, 0) is 71.1 Å².